The van der Waals surface area contributed by atoms with Crippen LogP contribution >= 0.6 is 11.6 Å². The van der Waals surface area contributed by atoms with Crippen LogP contribution in [-0.2, 0) is 4.74 Å². The second kappa shape index (κ2) is 7.53. The summed E-state index contributed by atoms with van der Waals surface area (Å²) in [5.41, 5.74) is 0.00522. The lowest BCUT2D eigenvalue weighted by Crippen LogP contribution is -2.07. The number of alkyl halides is 1. The van der Waals surface area contributed by atoms with Crippen molar-refractivity contribution in [3.05, 3.63) is 0 Å². The summed E-state index contributed by atoms with van der Waals surface area (Å²) >= 11 is 6.02. The van der Waals surface area contributed by atoms with Crippen molar-refractivity contribution in [3.8, 4) is 0 Å². The summed E-state index contributed by atoms with van der Waals surface area (Å²) in [6, 6.07) is 0. The predicted octanol–water partition coefficient (Wildman–Crippen LogP) is 4.34. The van der Waals surface area contributed by atoms with E-state index in [1.54, 1.807) is 0 Å². The number of unbranched alkanes of at least 4 members (excludes halogenated alkanes) is 5. The van der Waals surface area contributed by atoms with Gasteiger partial charge in [0.15, 0.2) is 0 Å². The average Bonchev–Trinajstić information content (AvgIpc) is 2.58. The summed E-state index contributed by atoms with van der Waals surface area (Å²) in [7, 11) is 0. The summed E-state index contributed by atoms with van der Waals surface area (Å²) < 4.78 is 5.33. The normalized spacial score (nSPS) is 27.0. The van der Waals surface area contributed by atoms with Crippen LogP contribution in [0, 0.1) is 5.92 Å². The molecule has 1 aliphatic heterocycles. The van der Waals surface area contributed by atoms with Crippen LogP contribution in [0.25, 0.3) is 0 Å². The molecule has 1 nitrogen and oxygen atoms in total. The molecule has 1 heterocycles. The topological polar surface area (TPSA) is 9.23 Å². The van der Waals surface area contributed by atoms with Crippen LogP contribution in [-0.4, -0.2) is 12.2 Å². The smallest absolute Gasteiger partial charge is 0.134 e. The Kier molecular flexibility index (Phi) is 6.63. The van der Waals surface area contributed by atoms with Gasteiger partial charge in [-0.3, -0.25) is 0 Å². The molecule has 0 aliphatic carbocycles. The van der Waals surface area contributed by atoms with E-state index in [-0.39, 0.29) is 5.56 Å². The zero-order chi connectivity index (χ0) is 10.2. The van der Waals surface area contributed by atoms with Crippen molar-refractivity contribution in [2.75, 3.05) is 6.61 Å². The summed E-state index contributed by atoms with van der Waals surface area (Å²) in [5, 5.41) is 0. The first-order chi connectivity index (χ1) is 6.84. The maximum atomic E-state index is 6.02. The second-order valence-corrected chi connectivity index (χ2v) is 4.76. The summed E-state index contributed by atoms with van der Waals surface area (Å²) in [6.07, 6.45) is 10.7. The Morgan fingerprint density at radius 3 is 2.50 bits per heavy atom. The SMILES string of the molecule is CCCCCCCCC1CCOC1Cl. The lowest BCUT2D eigenvalue weighted by Gasteiger charge is -2.11. The van der Waals surface area contributed by atoms with Gasteiger partial charge in [-0.1, -0.05) is 57.0 Å². The van der Waals surface area contributed by atoms with Gasteiger partial charge >= 0.3 is 0 Å². The van der Waals surface area contributed by atoms with Gasteiger partial charge in [0.25, 0.3) is 0 Å². The Hall–Kier alpha value is 0.250. The largest absolute Gasteiger partial charge is 0.362 e. The number of hydrogen-bond donors (Lipinski definition) is 0. The van der Waals surface area contributed by atoms with Crippen molar-refractivity contribution in [1.29, 1.82) is 0 Å². The van der Waals surface area contributed by atoms with E-state index in [9.17, 15) is 0 Å². The minimum Gasteiger partial charge on any atom is -0.362 e. The minimum absolute atomic E-state index is 0.00522. The van der Waals surface area contributed by atoms with Crippen molar-refractivity contribution < 1.29 is 4.74 Å². The zero-order valence-corrected chi connectivity index (χ0v) is 10.1. The maximum absolute atomic E-state index is 6.02. The van der Waals surface area contributed by atoms with Crippen LogP contribution in [0.5, 0.6) is 0 Å². The Bertz CT molecular complexity index is 138. The molecule has 2 unspecified atom stereocenters. The number of hydrogen-bond acceptors (Lipinski definition) is 1. The third-order valence-electron chi connectivity index (χ3n) is 3.06. The van der Waals surface area contributed by atoms with Crippen LogP contribution in [0.2, 0.25) is 0 Å². The highest BCUT2D eigenvalue weighted by Crippen LogP contribution is 2.28. The molecule has 0 amide bonds. The molecule has 1 fully saturated rings. The van der Waals surface area contributed by atoms with E-state index in [1.165, 1.54) is 51.4 Å². The van der Waals surface area contributed by atoms with Crippen LogP contribution in [0.1, 0.15) is 58.3 Å². The number of halogens is 1. The van der Waals surface area contributed by atoms with E-state index < -0.39 is 0 Å². The molecule has 0 aromatic carbocycles. The van der Waals surface area contributed by atoms with E-state index in [0.717, 1.165) is 6.61 Å². The van der Waals surface area contributed by atoms with Crippen molar-refractivity contribution >= 4 is 11.6 Å². The van der Waals surface area contributed by atoms with Crippen molar-refractivity contribution in [1.82, 2.24) is 0 Å². The standard InChI is InChI=1S/C12H23ClO/c1-2-3-4-5-6-7-8-11-9-10-14-12(11)13/h11-12H,2-10H2,1H3. The van der Waals surface area contributed by atoms with Crippen LogP contribution < -0.4 is 0 Å². The van der Waals surface area contributed by atoms with Crippen LogP contribution in [0.15, 0.2) is 0 Å². The van der Waals surface area contributed by atoms with Gasteiger partial charge in [-0.2, -0.15) is 0 Å². The van der Waals surface area contributed by atoms with E-state index in [0.29, 0.717) is 5.92 Å². The molecule has 1 aliphatic rings. The van der Waals surface area contributed by atoms with Crippen LogP contribution in [0.3, 0.4) is 0 Å². The molecule has 0 aromatic heterocycles. The minimum atomic E-state index is 0.00522. The Labute approximate surface area is 93.2 Å². The molecule has 0 bridgehead atoms. The second-order valence-electron chi connectivity index (χ2n) is 4.33. The number of rotatable bonds is 7. The monoisotopic (exact) mass is 218 g/mol. The van der Waals surface area contributed by atoms with E-state index in [1.807, 2.05) is 0 Å². The molecular formula is C12H23ClO. The van der Waals surface area contributed by atoms with Crippen LogP contribution in [0.4, 0.5) is 0 Å². The summed E-state index contributed by atoms with van der Waals surface area (Å²) in [5.74, 6) is 0.628. The third-order valence-corrected chi connectivity index (χ3v) is 3.55. The first-order valence-corrected chi connectivity index (χ1v) is 6.54. The fourth-order valence-corrected chi connectivity index (χ4v) is 2.40. The first-order valence-electron chi connectivity index (χ1n) is 6.10. The van der Waals surface area contributed by atoms with Crippen molar-refractivity contribution in [2.24, 2.45) is 5.92 Å². The maximum Gasteiger partial charge on any atom is 0.134 e. The molecule has 84 valence electrons. The van der Waals surface area contributed by atoms with Gasteiger partial charge in [0.1, 0.15) is 5.56 Å². The fraction of sp³-hybridized carbons (Fsp3) is 1.00. The quantitative estimate of drug-likeness (QED) is 0.456. The molecule has 0 saturated carbocycles. The van der Waals surface area contributed by atoms with Gasteiger partial charge in [0.2, 0.25) is 0 Å². The fourth-order valence-electron chi connectivity index (χ4n) is 2.06. The van der Waals surface area contributed by atoms with E-state index >= 15 is 0 Å². The first kappa shape index (κ1) is 12.3. The zero-order valence-electron chi connectivity index (χ0n) is 9.30. The number of ether oxygens (including phenoxy) is 1. The van der Waals surface area contributed by atoms with Gasteiger partial charge in [-0.15, -0.1) is 0 Å². The Morgan fingerprint density at radius 2 is 1.86 bits per heavy atom. The summed E-state index contributed by atoms with van der Waals surface area (Å²) in [6.45, 7) is 3.13. The third kappa shape index (κ3) is 4.65. The molecule has 0 N–H and O–H groups in total. The molecule has 0 spiro atoms. The highest BCUT2D eigenvalue weighted by molar-refractivity contribution is 6.20. The Morgan fingerprint density at radius 1 is 1.14 bits per heavy atom. The molecule has 2 atom stereocenters. The van der Waals surface area contributed by atoms with Crippen molar-refractivity contribution in [2.45, 2.75) is 63.9 Å². The molecule has 0 aromatic rings. The Balaban J connectivity index is 1.88. The van der Waals surface area contributed by atoms with Gasteiger partial charge in [-0.05, 0) is 12.8 Å². The molecule has 1 saturated heterocycles. The lowest BCUT2D eigenvalue weighted by atomic mass is 9.99. The molecule has 2 heteroatoms. The highest BCUT2D eigenvalue weighted by Gasteiger charge is 2.25. The van der Waals surface area contributed by atoms with Gasteiger partial charge in [-0.25, -0.2) is 0 Å². The van der Waals surface area contributed by atoms with E-state index in [2.05, 4.69) is 6.92 Å². The van der Waals surface area contributed by atoms with E-state index in [4.69, 9.17) is 16.3 Å². The summed E-state index contributed by atoms with van der Waals surface area (Å²) in [4.78, 5) is 0. The predicted molar refractivity (Wildman–Crippen MR) is 61.7 cm³/mol. The average molecular weight is 219 g/mol. The van der Waals surface area contributed by atoms with Gasteiger partial charge in [0.05, 0.1) is 0 Å². The van der Waals surface area contributed by atoms with Gasteiger partial charge in [0, 0.05) is 12.5 Å². The highest BCUT2D eigenvalue weighted by atomic mass is 35.5. The molecule has 14 heavy (non-hydrogen) atoms. The molecule has 0 radical (unpaired) electrons. The molecule has 1 rings (SSSR count). The molecular weight excluding hydrogens is 196 g/mol. The lowest BCUT2D eigenvalue weighted by molar-refractivity contribution is 0.150. The van der Waals surface area contributed by atoms with Gasteiger partial charge < -0.3 is 4.74 Å². The van der Waals surface area contributed by atoms with Crippen molar-refractivity contribution in [3.63, 3.8) is 0 Å².